The van der Waals surface area contributed by atoms with Gasteiger partial charge in [-0.25, -0.2) is 0 Å². The maximum absolute atomic E-state index is 11.4. The maximum Gasteiger partial charge on any atom is 0.322 e. The molecule has 1 aliphatic carbocycles. The maximum atomic E-state index is 11.4. The number of carboxylic acids is 3. The van der Waals surface area contributed by atoms with E-state index in [1.807, 2.05) is 0 Å². The van der Waals surface area contributed by atoms with Crippen LogP contribution >= 0.6 is 0 Å². The number of carbonyl (C=O) groups is 3. The van der Waals surface area contributed by atoms with Crippen molar-refractivity contribution in [2.45, 2.75) is 33.1 Å². The molecule has 0 spiro atoms. The zero-order chi connectivity index (χ0) is 13.4. The topological polar surface area (TPSA) is 112 Å². The van der Waals surface area contributed by atoms with E-state index in [1.54, 1.807) is 6.92 Å². The van der Waals surface area contributed by atoms with E-state index in [-0.39, 0.29) is 6.42 Å². The number of aliphatic carboxylic acids is 3. The molecule has 1 saturated carbocycles. The van der Waals surface area contributed by atoms with E-state index >= 15 is 0 Å². The monoisotopic (exact) mass is 244 g/mol. The summed E-state index contributed by atoms with van der Waals surface area (Å²) in [5.41, 5.74) is -4.03. The molecule has 6 heteroatoms. The van der Waals surface area contributed by atoms with E-state index < -0.39 is 34.7 Å². The third-order valence-corrected chi connectivity index (χ3v) is 4.24. The Labute approximate surface area is 98.3 Å². The summed E-state index contributed by atoms with van der Waals surface area (Å²) in [6.07, 6.45) is 0.776. The Hall–Kier alpha value is -1.59. The van der Waals surface area contributed by atoms with Crippen molar-refractivity contribution in [3.63, 3.8) is 0 Å². The quantitative estimate of drug-likeness (QED) is 0.640. The molecule has 3 N–H and O–H groups in total. The van der Waals surface area contributed by atoms with Crippen LogP contribution in [0.25, 0.3) is 0 Å². The molecule has 1 fully saturated rings. The minimum Gasteiger partial charge on any atom is -0.481 e. The van der Waals surface area contributed by atoms with Gasteiger partial charge in [0.05, 0.1) is 5.41 Å². The van der Waals surface area contributed by atoms with Gasteiger partial charge in [0.1, 0.15) is 0 Å². The summed E-state index contributed by atoms with van der Waals surface area (Å²) in [5.74, 6) is -5.00. The van der Waals surface area contributed by atoms with Crippen molar-refractivity contribution in [1.82, 2.24) is 0 Å². The third-order valence-electron chi connectivity index (χ3n) is 4.24. The second-order valence-corrected chi connectivity index (χ2v) is 4.82. The van der Waals surface area contributed by atoms with Gasteiger partial charge in [-0.1, -0.05) is 13.3 Å². The lowest BCUT2D eigenvalue weighted by atomic mass is 9.52. The van der Waals surface area contributed by atoms with Crippen LogP contribution < -0.4 is 0 Å². The van der Waals surface area contributed by atoms with Crippen LogP contribution in [0.3, 0.4) is 0 Å². The molecule has 1 rings (SSSR count). The first-order valence-electron chi connectivity index (χ1n) is 5.41. The smallest absolute Gasteiger partial charge is 0.322 e. The molecule has 2 atom stereocenters. The fourth-order valence-corrected chi connectivity index (χ4v) is 2.79. The van der Waals surface area contributed by atoms with Crippen molar-refractivity contribution < 1.29 is 29.7 Å². The Morgan fingerprint density at radius 1 is 1.06 bits per heavy atom. The summed E-state index contributed by atoms with van der Waals surface area (Å²) >= 11 is 0. The van der Waals surface area contributed by atoms with Gasteiger partial charge in [0.2, 0.25) is 0 Å². The van der Waals surface area contributed by atoms with Gasteiger partial charge in [-0.15, -0.1) is 0 Å². The van der Waals surface area contributed by atoms with E-state index in [1.165, 1.54) is 6.92 Å². The molecule has 0 radical (unpaired) electrons. The first-order valence-corrected chi connectivity index (χ1v) is 5.41. The minimum absolute atomic E-state index is 0.148. The van der Waals surface area contributed by atoms with E-state index in [2.05, 4.69) is 0 Å². The average Bonchev–Trinajstić information content (AvgIpc) is 2.20. The predicted molar refractivity (Wildman–Crippen MR) is 56.5 cm³/mol. The highest BCUT2D eigenvalue weighted by Gasteiger charge is 2.67. The summed E-state index contributed by atoms with van der Waals surface area (Å²) in [4.78, 5) is 34.1. The van der Waals surface area contributed by atoms with Crippen LogP contribution in [0.2, 0.25) is 0 Å². The summed E-state index contributed by atoms with van der Waals surface area (Å²) < 4.78 is 0. The van der Waals surface area contributed by atoms with Gasteiger partial charge in [-0.2, -0.15) is 0 Å². The van der Waals surface area contributed by atoms with Crippen molar-refractivity contribution >= 4 is 17.9 Å². The highest BCUT2D eigenvalue weighted by molar-refractivity contribution is 6.04. The summed E-state index contributed by atoms with van der Waals surface area (Å²) in [5, 5.41) is 27.7. The normalized spacial score (nSPS) is 31.8. The van der Waals surface area contributed by atoms with E-state index in [0.717, 1.165) is 0 Å². The Kier molecular flexibility index (Phi) is 3.18. The summed E-state index contributed by atoms with van der Waals surface area (Å²) in [6, 6.07) is 0. The van der Waals surface area contributed by atoms with Crippen molar-refractivity contribution in [1.29, 1.82) is 0 Å². The minimum atomic E-state index is -2.24. The SMILES string of the molecule is CC1CCCC(C(=O)O)(C(=O)O)C1(C)C(=O)O. The number of hydrogen-bond acceptors (Lipinski definition) is 3. The highest BCUT2D eigenvalue weighted by Crippen LogP contribution is 2.54. The van der Waals surface area contributed by atoms with E-state index in [4.69, 9.17) is 0 Å². The highest BCUT2D eigenvalue weighted by atomic mass is 16.4. The molecule has 2 unspecified atom stereocenters. The lowest BCUT2D eigenvalue weighted by Crippen LogP contribution is -2.60. The van der Waals surface area contributed by atoms with Gasteiger partial charge in [-0.3, -0.25) is 14.4 Å². The summed E-state index contributed by atoms with van der Waals surface area (Å²) in [7, 11) is 0. The molecule has 1 aliphatic rings. The lowest BCUT2D eigenvalue weighted by Gasteiger charge is -2.47. The standard InChI is InChI=1S/C11H16O6/c1-6-4-3-5-11(8(14)15,9(16)17)10(6,2)7(12)13/h6H,3-5H2,1-2H3,(H,12,13)(H,14,15)(H,16,17). The van der Waals surface area contributed by atoms with Gasteiger partial charge in [0.25, 0.3) is 0 Å². The molecule has 96 valence electrons. The zero-order valence-corrected chi connectivity index (χ0v) is 9.77. The Balaban J connectivity index is 3.49. The predicted octanol–water partition coefficient (Wildman–Crippen LogP) is 1.05. The second kappa shape index (κ2) is 4.01. The largest absolute Gasteiger partial charge is 0.481 e. The van der Waals surface area contributed by atoms with E-state index in [0.29, 0.717) is 12.8 Å². The van der Waals surface area contributed by atoms with Gasteiger partial charge < -0.3 is 15.3 Å². The van der Waals surface area contributed by atoms with Crippen LogP contribution in [0.4, 0.5) is 0 Å². The zero-order valence-electron chi connectivity index (χ0n) is 9.77. The third kappa shape index (κ3) is 1.50. The molecule has 0 heterocycles. The Bertz CT molecular complexity index is 360. The Morgan fingerprint density at radius 3 is 1.82 bits per heavy atom. The van der Waals surface area contributed by atoms with Gasteiger partial charge >= 0.3 is 17.9 Å². The molecule has 0 aromatic heterocycles. The molecule has 0 saturated heterocycles. The molecule has 0 aromatic rings. The van der Waals surface area contributed by atoms with Crippen LogP contribution in [0.5, 0.6) is 0 Å². The second-order valence-electron chi connectivity index (χ2n) is 4.82. The fraction of sp³-hybridized carbons (Fsp3) is 0.727. The van der Waals surface area contributed by atoms with Crippen molar-refractivity contribution in [2.75, 3.05) is 0 Å². The molecule has 6 nitrogen and oxygen atoms in total. The summed E-state index contributed by atoms with van der Waals surface area (Å²) in [6.45, 7) is 2.81. The van der Waals surface area contributed by atoms with Gasteiger partial charge in [0, 0.05) is 0 Å². The van der Waals surface area contributed by atoms with Crippen molar-refractivity contribution in [2.24, 2.45) is 16.7 Å². The van der Waals surface area contributed by atoms with Crippen LogP contribution in [-0.2, 0) is 14.4 Å². The fourth-order valence-electron chi connectivity index (χ4n) is 2.79. The van der Waals surface area contributed by atoms with Gasteiger partial charge in [-0.05, 0) is 25.7 Å². The number of carboxylic acid groups (broad SMARTS) is 3. The lowest BCUT2D eigenvalue weighted by molar-refractivity contribution is -0.195. The molecule has 0 bridgehead atoms. The molecule has 0 aromatic carbocycles. The molecular formula is C11H16O6. The Morgan fingerprint density at radius 2 is 1.53 bits per heavy atom. The van der Waals surface area contributed by atoms with Crippen LogP contribution in [0.1, 0.15) is 33.1 Å². The van der Waals surface area contributed by atoms with Crippen LogP contribution in [0.15, 0.2) is 0 Å². The van der Waals surface area contributed by atoms with Crippen LogP contribution in [0, 0.1) is 16.7 Å². The average molecular weight is 244 g/mol. The first-order chi connectivity index (χ1) is 7.71. The first kappa shape index (κ1) is 13.5. The molecular weight excluding hydrogens is 228 g/mol. The van der Waals surface area contributed by atoms with Gasteiger partial charge in [0.15, 0.2) is 5.41 Å². The number of rotatable bonds is 3. The van der Waals surface area contributed by atoms with Crippen molar-refractivity contribution in [3.05, 3.63) is 0 Å². The van der Waals surface area contributed by atoms with Crippen molar-refractivity contribution in [3.8, 4) is 0 Å². The number of hydrogen-bond donors (Lipinski definition) is 3. The molecule has 17 heavy (non-hydrogen) atoms. The molecule has 0 amide bonds. The van der Waals surface area contributed by atoms with Crippen LogP contribution in [-0.4, -0.2) is 33.2 Å². The molecule has 0 aliphatic heterocycles. The van der Waals surface area contributed by atoms with E-state index in [9.17, 15) is 29.7 Å².